The number of esters is 1. The van der Waals surface area contributed by atoms with Crippen LogP contribution >= 0.6 is 0 Å². The zero-order valence-electron chi connectivity index (χ0n) is 11.0. The smallest absolute Gasteiger partial charge is 0.323 e. The highest BCUT2D eigenvalue weighted by Crippen LogP contribution is 2.39. The molecule has 0 amide bonds. The third-order valence-electron chi connectivity index (χ3n) is 3.61. The van der Waals surface area contributed by atoms with Crippen molar-refractivity contribution in [1.29, 1.82) is 0 Å². The summed E-state index contributed by atoms with van der Waals surface area (Å²) in [7, 11) is 0. The second kappa shape index (κ2) is 4.58. The van der Waals surface area contributed by atoms with Crippen LogP contribution in [-0.4, -0.2) is 37.4 Å². The Hall–Kier alpha value is -0.610. The lowest BCUT2D eigenvalue weighted by molar-refractivity contribution is -0.157. The van der Waals surface area contributed by atoms with Crippen molar-refractivity contribution in [3.05, 3.63) is 0 Å². The van der Waals surface area contributed by atoms with Crippen LogP contribution in [0.2, 0.25) is 0 Å². The normalized spacial score (nSPS) is 28.3. The summed E-state index contributed by atoms with van der Waals surface area (Å²) in [6.07, 6.45) is 3.00. The predicted molar refractivity (Wildman–Crippen MR) is 64.7 cm³/mol. The summed E-state index contributed by atoms with van der Waals surface area (Å²) in [6.45, 7) is 8.28. The van der Waals surface area contributed by atoms with Gasteiger partial charge in [0.25, 0.3) is 0 Å². The predicted octanol–water partition coefficient (Wildman–Crippen LogP) is 1.49. The fraction of sp³-hybridized carbons (Fsp3) is 0.923. The monoisotopic (exact) mass is 241 g/mol. The van der Waals surface area contributed by atoms with Crippen LogP contribution in [0.25, 0.3) is 0 Å². The van der Waals surface area contributed by atoms with Gasteiger partial charge in [0, 0.05) is 19.8 Å². The van der Waals surface area contributed by atoms with Gasteiger partial charge in [0.15, 0.2) is 0 Å². The zero-order chi connectivity index (χ0) is 12.5. The topological polar surface area (TPSA) is 47.6 Å². The number of rotatable bonds is 1. The lowest BCUT2D eigenvalue weighted by Crippen LogP contribution is -2.37. The van der Waals surface area contributed by atoms with E-state index in [1.165, 1.54) is 0 Å². The first-order valence-electron chi connectivity index (χ1n) is 6.44. The van der Waals surface area contributed by atoms with Gasteiger partial charge in [-0.05, 0) is 45.4 Å². The van der Waals surface area contributed by atoms with Crippen LogP contribution in [0, 0.1) is 5.41 Å². The molecule has 0 aromatic carbocycles. The number of ether oxygens (including phenoxy) is 2. The number of hydrogen-bond donors (Lipinski definition) is 1. The van der Waals surface area contributed by atoms with Crippen molar-refractivity contribution in [3.63, 3.8) is 0 Å². The summed E-state index contributed by atoms with van der Waals surface area (Å²) in [5.74, 6) is -0.110. The molecule has 1 atom stereocenters. The van der Waals surface area contributed by atoms with E-state index in [-0.39, 0.29) is 17.4 Å². The van der Waals surface area contributed by atoms with Crippen molar-refractivity contribution >= 4 is 5.97 Å². The molecule has 4 nitrogen and oxygen atoms in total. The number of carbonyl (C=O) groups excluding carboxylic acids is 1. The summed E-state index contributed by atoms with van der Waals surface area (Å²) in [5.41, 5.74) is -0.135. The number of carbonyl (C=O) groups is 1. The average molecular weight is 241 g/mol. The van der Waals surface area contributed by atoms with E-state index < -0.39 is 5.60 Å². The molecule has 4 heteroatoms. The van der Waals surface area contributed by atoms with E-state index in [1.807, 2.05) is 20.8 Å². The van der Waals surface area contributed by atoms with E-state index in [9.17, 15) is 4.79 Å². The first-order chi connectivity index (χ1) is 7.90. The van der Waals surface area contributed by atoms with Crippen molar-refractivity contribution in [2.45, 2.75) is 51.7 Å². The van der Waals surface area contributed by atoms with E-state index in [2.05, 4.69) is 5.32 Å². The van der Waals surface area contributed by atoms with Crippen LogP contribution in [0.1, 0.15) is 40.0 Å². The molecule has 1 unspecified atom stereocenters. The lowest BCUT2D eigenvalue weighted by atomic mass is 9.78. The summed E-state index contributed by atoms with van der Waals surface area (Å²) in [5, 5.41) is 3.31. The SMILES string of the molecule is CC(C)(C)OC(=O)C1CC2(CCOCC2)CN1. The molecule has 0 bridgehead atoms. The fourth-order valence-corrected chi connectivity index (χ4v) is 2.64. The van der Waals surface area contributed by atoms with Crippen LogP contribution < -0.4 is 5.32 Å². The van der Waals surface area contributed by atoms with Crippen LogP contribution in [0.3, 0.4) is 0 Å². The maximum atomic E-state index is 12.0. The second-order valence-corrected chi connectivity index (χ2v) is 6.28. The molecule has 1 N–H and O–H groups in total. The fourth-order valence-electron chi connectivity index (χ4n) is 2.64. The Labute approximate surface area is 103 Å². The van der Waals surface area contributed by atoms with Crippen molar-refractivity contribution in [3.8, 4) is 0 Å². The third-order valence-corrected chi connectivity index (χ3v) is 3.61. The van der Waals surface area contributed by atoms with E-state index in [0.717, 1.165) is 39.0 Å². The molecule has 2 rings (SSSR count). The molecule has 2 fully saturated rings. The van der Waals surface area contributed by atoms with Gasteiger partial charge >= 0.3 is 5.97 Å². The molecule has 1 spiro atoms. The molecule has 2 aliphatic rings. The second-order valence-electron chi connectivity index (χ2n) is 6.28. The molecule has 2 saturated heterocycles. The van der Waals surface area contributed by atoms with Gasteiger partial charge in [-0.1, -0.05) is 0 Å². The van der Waals surface area contributed by atoms with Crippen molar-refractivity contribution < 1.29 is 14.3 Å². The van der Waals surface area contributed by atoms with Gasteiger partial charge in [-0.25, -0.2) is 0 Å². The van der Waals surface area contributed by atoms with Gasteiger partial charge in [0.1, 0.15) is 11.6 Å². The van der Waals surface area contributed by atoms with E-state index in [1.54, 1.807) is 0 Å². The van der Waals surface area contributed by atoms with Crippen molar-refractivity contribution in [1.82, 2.24) is 5.32 Å². The summed E-state index contributed by atoms with van der Waals surface area (Å²) in [4.78, 5) is 12.0. The highest BCUT2D eigenvalue weighted by atomic mass is 16.6. The van der Waals surface area contributed by atoms with E-state index >= 15 is 0 Å². The minimum absolute atomic E-state index is 0.110. The Bertz CT molecular complexity index is 290. The van der Waals surface area contributed by atoms with Gasteiger partial charge in [0.05, 0.1) is 0 Å². The van der Waals surface area contributed by atoms with Gasteiger partial charge in [-0.2, -0.15) is 0 Å². The Kier molecular flexibility index (Phi) is 3.46. The molecule has 2 aliphatic heterocycles. The molecule has 0 aromatic heterocycles. The Morgan fingerprint density at radius 1 is 1.35 bits per heavy atom. The molecular weight excluding hydrogens is 218 g/mol. The summed E-state index contributed by atoms with van der Waals surface area (Å²) < 4.78 is 10.8. The van der Waals surface area contributed by atoms with Crippen molar-refractivity contribution in [2.24, 2.45) is 5.41 Å². The highest BCUT2D eigenvalue weighted by molar-refractivity contribution is 5.76. The van der Waals surface area contributed by atoms with Crippen LogP contribution in [0.4, 0.5) is 0 Å². The number of hydrogen-bond acceptors (Lipinski definition) is 4. The standard InChI is InChI=1S/C13H23NO3/c1-12(2,3)17-11(15)10-8-13(9-14-10)4-6-16-7-5-13/h10,14H,4-9H2,1-3H3. The quantitative estimate of drug-likeness (QED) is 0.707. The molecular formula is C13H23NO3. The highest BCUT2D eigenvalue weighted by Gasteiger charge is 2.43. The Balaban J connectivity index is 1.91. The first-order valence-corrected chi connectivity index (χ1v) is 6.44. The van der Waals surface area contributed by atoms with Gasteiger partial charge in [-0.15, -0.1) is 0 Å². The first kappa shape index (κ1) is 12.8. The number of nitrogens with one attached hydrogen (secondary N) is 1. The molecule has 2 heterocycles. The van der Waals surface area contributed by atoms with Crippen molar-refractivity contribution in [2.75, 3.05) is 19.8 Å². The minimum Gasteiger partial charge on any atom is -0.459 e. The largest absolute Gasteiger partial charge is 0.459 e. The van der Waals surface area contributed by atoms with Gasteiger partial charge < -0.3 is 14.8 Å². The average Bonchev–Trinajstić information content (AvgIpc) is 2.61. The molecule has 0 radical (unpaired) electrons. The lowest BCUT2D eigenvalue weighted by Gasteiger charge is -2.32. The third kappa shape index (κ3) is 3.19. The van der Waals surface area contributed by atoms with Crippen LogP contribution in [0.15, 0.2) is 0 Å². The molecule has 17 heavy (non-hydrogen) atoms. The van der Waals surface area contributed by atoms with E-state index in [4.69, 9.17) is 9.47 Å². The van der Waals surface area contributed by atoms with E-state index in [0.29, 0.717) is 0 Å². The van der Waals surface area contributed by atoms with Gasteiger partial charge in [0.2, 0.25) is 0 Å². The van der Waals surface area contributed by atoms with Gasteiger partial charge in [-0.3, -0.25) is 4.79 Å². The Morgan fingerprint density at radius 2 is 2.00 bits per heavy atom. The summed E-state index contributed by atoms with van der Waals surface area (Å²) >= 11 is 0. The molecule has 0 aliphatic carbocycles. The maximum absolute atomic E-state index is 12.0. The molecule has 0 saturated carbocycles. The molecule has 0 aromatic rings. The van der Waals surface area contributed by atoms with Crippen LogP contribution in [-0.2, 0) is 14.3 Å². The maximum Gasteiger partial charge on any atom is 0.323 e. The summed E-state index contributed by atoms with van der Waals surface area (Å²) in [6, 6.07) is -0.132. The Morgan fingerprint density at radius 3 is 2.59 bits per heavy atom. The molecule has 98 valence electrons. The van der Waals surface area contributed by atoms with Crippen LogP contribution in [0.5, 0.6) is 0 Å². The minimum atomic E-state index is -0.399. The zero-order valence-corrected chi connectivity index (χ0v) is 11.0.